The number of carbonyl (C=O) groups is 1. The van der Waals surface area contributed by atoms with Crippen LogP contribution < -0.4 is 0 Å². The van der Waals surface area contributed by atoms with Gasteiger partial charge in [0.25, 0.3) is 0 Å². The number of allylic oxidation sites excluding steroid dienone is 1. The van der Waals surface area contributed by atoms with E-state index >= 15 is 0 Å². The van der Waals surface area contributed by atoms with Gasteiger partial charge >= 0.3 is 0 Å². The van der Waals surface area contributed by atoms with Gasteiger partial charge in [0.2, 0.25) is 5.91 Å². The van der Waals surface area contributed by atoms with Crippen LogP contribution in [-0.4, -0.2) is 23.4 Å². The van der Waals surface area contributed by atoms with Crippen molar-refractivity contribution in [2.24, 2.45) is 5.92 Å². The highest BCUT2D eigenvalue weighted by Crippen LogP contribution is 2.39. The molecule has 2 fully saturated rings. The van der Waals surface area contributed by atoms with E-state index < -0.39 is 0 Å². The molecule has 2 bridgehead atoms. The molecule has 1 saturated carbocycles. The number of piperidine rings is 1. The van der Waals surface area contributed by atoms with Crippen LogP contribution in [0.1, 0.15) is 45.4 Å². The van der Waals surface area contributed by atoms with Crippen LogP contribution in [0.15, 0.2) is 11.1 Å². The molecule has 82 valence electrons. The second kappa shape index (κ2) is 3.36. The first-order valence-corrected chi connectivity index (χ1v) is 6.25. The maximum atomic E-state index is 12.3. The van der Waals surface area contributed by atoms with Gasteiger partial charge in [-0.3, -0.25) is 4.79 Å². The number of rotatable bonds is 1. The lowest BCUT2D eigenvalue weighted by atomic mass is 10.1. The highest BCUT2D eigenvalue weighted by Gasteiger charge is 2.41. The summed E-state index contributed by atoms with van der Waals surface area (Å²) in [7, 11) is 0. The lowest BCUT2D eigenvalue weighted by Crippen LogP contribution is -2.38. The summed E-state index contributed by atoms with van der Waals surface area (Å²) in [5, 5.41) is 0. The molecule has 1 saturated heterocycles. The summed E-state index contributed by atoms with van der Waals surface area (Å²) in [5.41, 5.74) is 2.49. The van der Waals surface area contributed by atoms with E-state index in [1.54, 1.807) is 0 Å². The fourth-order valence-corrected chi connectivity index (χ4v) is 3.53. The van der Waals surface area contributed by atoms with Crippen molar-refractivity contribution in [3.8, 4) is 0 Å². The average Bonchev–Trinajstić information content (AvgIpc) is 2.91. The molecule has 1 amide bonds. The van der Waals surface area contributed by atoms with Gasteiger partial charge in [-0.15, -0.1) is 0 Å². The minimum Gasteiger partial charge on any atom is -0.336 e. The van der Waals surface area contributed by atoms with E-state index in [4.69, 9.17) is 0 Å². The molecule has 3 aliphatic rings. The Balaban J connectivity index is 1.78. The monoisotopic (exact) mass is 205 g/mol. The Kier molecular flexibility index (Phi) is 2.11. The lowest BCUT2D eigenvalue weighted by Gasteiger charge is -2.27. The molecule has 1 aliphatic heterocycles. The maximum absolute atomic E-state index is 12.3. The SMILES string of the molecule is CC1=C(C(=O)N2CC3CCC2C3)CCC1. The number of carbonyl (C=O) groups excluding carboxylic acids is 1. The molecule has 3 rings (SSSR count). The van der Waals surface area contributed by atoms with Crippen LogP contribution in [0.3, 0.4) is 0 Å². The van der Waals surface area contributed by atoms with Crippen molar-refractivity contribution in [2.45, 2.75) is 51.5 Å². The minimum absolute atomic E-state index is 0.372. The summed E-state index contributed by atoms with van der Waals surface area (Å²) in [6.45, 7) is 3.18. The van der Waals surface area contributed by atoms with E-state index in [0.717, 1.165) is 30.9 Å². The fourth-order valence-electron chi connectivity index (χ4n) is 3.53. The van der Waals surface area contributed by atoms with E-state index in [1.807, 2.05) is 0 Å². The summed E-state index contributed by atoms with van der Waals surface area (Å²) in [5.74, 6) is 1.19. The Hall–Kier alpha value is -0.790. The van der Waals surface area contributed by atoms with Gasteiger partial charge < -0.3 is 4.90 Å². The number of hydrogen-bond donors (Lipinski definition) is 0. The third-order valence-corrected chi connectivity index (χ3v) is 4.42. The Morgan fingerprint density at radius 1 is 1.33 bits per heavy atom. The van der Waals surface area contributed by atoms with Gasteiger partial charge in [0.05, 0.1) is 0 Å². The lowest BCUT2D eigenvalue weighted by molar-refractivity contribution is -0.128. The van der Waals surface area contributed by atoms with Crippen molar-refractivity contribution >= 4 is 5.91 Å². The molecule has 15 heavy (non-hydrogen) atoms. The molecule has 2 atom stereocenters. The van der Waals surface area contributed by atoms with E-state index in [-0.39, 0.29) is 0 Å². The molecule has 2 heteroatoms. The highest BCUT2D eigenvalue weighted by atomic mass is 16.2. The molecule has 1 heterocycles. The zero-order valence-corrected chi connectivity index (χ0v) is 9.46. The topological polar surface area (TPSA) is 20.3 Å². The van der Waals surface area contributed by atoms with Crippen molar-refractivity contribution in [2.75, 3.05) is 6.54 Å². The summed E-state index contributed by atoms with van der Waals surface area (Å²) in [6, 6.07) is 0.586. The van der Waals surface area contributed by atoms with Crippen molar-refractivity contribution in [3.63, 3.8) is 0 Å². The molecular weight excluding hydrogens is 186 g/mol. The first-order valence-electron chi connectivity index (χ1n) is 6.25. The van der Waals surface area contributed by atoms with Crippen LogP contribution >= 0.6 is 0 Å². The molecule has 0 radical (unpaired) electrons. The molecule has 2 nitrogen and oxygen atoms in total. The van der Waals surface area contributed by atoms with Gasteiger partial charge in [0, 0.05) is 18.2 Å². The van der Waals surface area contributed by atoms with E-state index in [9.17, 15) is 4.79 Å². The van der Waals surface area contributed by atoms with E-state index in [0.29, 0.717) is 11.9 Å². The second-order valence-corrected chi connectivity index (χ2v) is 5.40. The van der Waals surface area contributed by atoms with Crippen molar-refractivity contribution in [3.05, 3.63) is 11.1 Å². The predicted molar refractivity (Wildman–Crippen MR) is 59.4 cm³/mol. The number of fused-ring (bicyclic) bond motifs is 2. The van der Waals surface area contributed by atoms with Crippen LogP contribution in [0.2, 0.25) is 0 Å². The molecular formula is C13H19NO. The molecule has 0 N–H and O–H groups in total. The standard InChI is InChI=1S/C13H19NO/c1-9-3-2-4-12(9)13(15)14-8-10-5-6-11(14)7-10/h10-11H,2-8H2,1H3. The van der Waals surface area contributed by atoms with E-state index in [2.05, 4.69) is 11.8 Å². The molecule has 2 unspecified atom stereocenters. The van der Waals surface area contributed by atoms with Crippen molar-refractivity contribution in [1.82, 2.24) is 4.90 Å². The normalized spacial score (nSPS) is 34.3. The van der Waals surface area contributed by atoms with Crippen LogP contribution in [0.4, 0.5) is 0 Å². The Morgan fingerprint density at radius 3 is 2.73 bits per heavy atom. The van der Waals surface area contributed by atoms with Crippen molar-refractivity contribution < 1.29 is 4.79 Å². The van der Waals surface area contributed by atoms with Gasteiger partial charge in [0.15, 0.2) is 0 Å². The van der Waals surface area contributed by atoms with Crippen LogP contribution in [0, 0.1) is 5.92 Å². The molecule has 0 aromatic rings. The summed E-state index contributed by atoms with van der Waals surface area (Å²) in [6.07, 6.45) is 7.24. The van der Waals surface area contributed by atoms with Gasteiger partial charge in [0.1, 0.15) is 0 Å². The summed E-state index contributed by atoms with van der Waals surface area (Å²) >= 11 is 0. The summed E-state index contributed by atoms with van der Waals surface area (Å²) in [4.78, 5) is 14.5. The highest BCUT2D eigenvalue weighted by molar-refractivity contribution is 5.95. The first-order chi connectivity index (χ1) is 7.25. The maximum Gasteiger partial charge on any atom is 0.249 e. The number of likely N-dealkylation sites (tertiary alicyclic amines) is 1. The number of hydrogen-bond acceptors (Lipinski definition) is 1. The Morgan fingerprint density at radius 2 is 2.20 bits per heavy atom. The predicted octanol–water partition coefficient (Wildman–Crippen LogP) is 2.50. The van der Waals surface area contributed by atoms with Crippen LogP contribution in [0.5, 0.6) is 0 Å². The summed E-state index contributed by atoms with van der Waals surface area (Å²) < 4.78 is 0. The Labute approximate surface area is 91.3 Å². The van der Waals surface area contributed by atoms with Crippen LogP contribution in [0.25, 0.3) is 0 Å². The van der Waals surface area contributed by atoms with E-state index in [1.165, 1.54) is 31.3 Å². The fraction of sp³-hybridized carbons (Fsp3) is 0.769. The second-order valence-electron chi connectivity index (χ2n) is 5.40. The van der Waals surface area contributed by atoms with Gasteiger partial charge in [-0.25, -0.2) is 0 Å². The quantitative estimate of drug-likeness (QED) is 0.644. The smallest absolute Gasteiger partial charge is 0.249 e. The third-order valence-electron chi connectivity index (χ3n) is 4.42. The average molecular weight is 205 g/mol. The molecule has 0 spiro atoms. The van der Waals surface area contributed by atoms with Gasteiger partial charge in [-0.05, 0) is 51.4 Å². The van der Waals surface area contributed by atoms with Crippen molar-refractivity contribution in [1.29, 1.82) is 0 Å². The first kappa shape index (κ1) is 9.44. The molecule has 2 aliphatic carbocycles. The van der Waals surface area contributed by atoms with Gasteiger partial charge in [-0.1, -0.05) is 5.57 Å². The number of amides is 1. The zero-order chi connectivity index (χ0) is 10.4. The van der Waals surface area contributed by atoms with Crippen LogP contribution in [-0.2, 0) is 4.79 Å². The largest absolute Gasteiger partial charge is 0.336 e. The Bertz CT molecular complexity index is 331. The molecule has 0 aromatic carbocycles. The number of nitrogens with zero attached hydrogens (tertiary/aromatic N) is 1. The zero-order valence-electron chi connectivity index (χ0n) is 9.46. The molecule has 0 aromatic heterocycles. The minimum atomic E-state index is 0.372. The third kappa shape index (κ3) is 1.42. The van der Waals surface area contributed by atoms with Gasteiger partial charge in [-0.2, -0.15) is 0 Å².